The predicted molar refractivity (Wildman–Crippen MR) is 101 cm³/mol. The van der Waals surface area contributed by atoms with Crippen LogP contribution in [0.5, 0.6) is 0 Å². The van der Waals surface area contributed by atoms with Gasteiger partial charge in [-0.25, -0.2) is 0 Å². The Bertz CT molecular complexity index is 789. The van der Waals surface area contributed by atoms with Gasteiger partial charge >= 0.3 is 0 Å². The summed E-state index contributed by atoms with van der Waals surface area (Å²) in [6.07, 6.45) is 0. The Balaban J connectivity index is 0.000000144. The second kappa shape index (κ2) is 8.13. The van der Waals surface area contributed by atoms with Crippen molar-refractivity contribution in [3.63, 3.8) is 0 Å². The average Bonchev–Trinajstić information content (AvgIpc) is 3.17. The minimum Gasteiger partial charge on any atom is -0.197 e. The highest BCUT2D eigenvalue weighted by molar-refractivity contribution is 7.44. The first-order chi connectivity index (χ1) is 10.7. The Hall–Kier alpha value is -1.62. The number of fused-ring (bicyclic) bond motifs is 2. The van der Waals surface area contributed by atoms with E-state index >= 15 is 0 Å². The molecule has 22 heavy (non-hydrogen) atoms. The zero-order valence-electron chi connectivity index (χ0n) is 12.4. The lowest BCUT2D eigenvalue weighted by Crippen LogP contribution is -1.67. The van der Waals surface area contributed by atoms with Crippen LogP contribution < -0.4 is 0 Å². The van der Waals surface area contributed by atoms with Crippen molar-refractivity contribution in [3.05, 3.63) is 70.4 Å². The molecule has 0 saturated heterocycles. The molecule has 0 radical (unpaired) electrons. The van der Waals surface area contributed by atoms with E-state index in [1.165, 1.54) is 31.3 Å². The molecule has 0 unspecified atom stereocenters. The summed E-state index contributed by atoms with van der Waals surface area (Å²) < 4.78 is 10.6. The zero-order valence-corrected chi connectivity index (χ0v) is 14.9. The minimum absolute atomic E-state index is 1.34. The number of hydrogen-bond acceptors (Lipinski definition) is 4. The third-order valence-corrected chi connectivity index (χ3v) is 5.01. The van der Waals surface area contributed by atoms with E-state index < -0.39 is 0 Å². The largest absolute Gasteiger partial charge is 0.197 e. The molecule has 4 rings (SSSR count). The molecule has 4 aromatic rings. The van der Waals surface area contributed by atoms with Crippen molar-refractivity contribution in [2.24, 2.45) is 0 Å². The fourth-order valence-corrected chi connectivity index (χ4v) is 3.71. The van der Waals surface area contributed by atoms with Crippen LogP contribution in [-0.4, -0.2) is 4.21 Å². The van der Waals surface area contributed by atoms with Gasteiger partial charge in [0.05, 0.1) is 0 Å². The van der Waals surface area contributed by atoms with Gasteiger partial charge in [0.1, 0.15) is 0 Å². The van der Waals surface area contributed by atoms with Crippen molar-refractivity contribution in [1.29, 1.82) is 0 Å². The standard InChI is InChI=1S/2C9H8S.OS/c2*1-7-2-3-9-8(6-7)4-5-10-9;1-2/h2*2-6H,1H3;. The number of thiophene rings is 2. The first-order valence-corrected chi connectivity index (χ1v) is 8.86. The Labute approximate surface area is 143 Å². The van der Waals surface area contributed by atoms with Crippen LogP contribution in [0.4, 0.5) is 0 Å². The first kappa shape index (κ1) is 16.7. The van der Waals surface area contributed by atoms with E-state index in [1.807, 2.05) is 0 Å². The highest BCUT2D eigenvalue weighted by atomic mass is 32.1. The highest BCUT2D eigenvalue weighted by Crippen LogP contribution is 2.21. The van der Waals surface area contributed by atoms with Crippen molar-refractivity contribution >= 4 is 55.4 Å². The van der Waals surface area contributed by atoms with Gasteiger partial charge in [0.15, 0.2) is 12.5 Å². The van der Waals surface area contributed by atoms with Crippen LogP contribution in [0, 0.1) is 13.8 Å². The Morgan fingerprint density at radius 1 is 0.682 bits per heavy atom. The summed E-state index contributed by atoms with van der Waals surface area (Å²) in [4.78, 5) is 0. The molecule has 0 atom stereocenters. The van der Waals surface area contributed by atoms with Gasteiger partial charge in [-0.3, -0.25) is 0 Å². The molecule has 0 aliphatic heterocycles. The molecule has 2 heterocycles. The lowest BCUT2D eigenvalue weighted by molar-refractivity contribution is 0.702. The van der Waals surface area contributed by atoms with Gasteiger partial charge in [-0.2, -0.15) is 4.21 Å². The van der Waals surface area contributed by atoms with E-state index in [0.29, 0.717) is 0 Å². The van der Waals surface area contributed by atoms with Crippen LogP contribution in [0.15, 0.2) is 59.3 Å². The molecule has 4 heteroatoms. The van der Waals surface area contributed by atoms with Gasteiger partial charge in [-0.1, -0.05) is 35.4 Å². The molecule has 1 nitrogen and oxygen atoms in total. The van der Waals surface area contributed by atoms with E-state index in [9.17, 15) is 0 Å². The molecular formula is C18H16OS3. The van der Waals surface area contributed by atoms with Crippen LogP contribution >= 0.6 is 22.7 Å². The Kier molecular flexibility index (Phi) is 6.19. The molecule has 0 amide bonds. The van der Waals surface area contributed by atoms with Crippen LogP contribution in [0.25, 0.3) is 20.2 Å². The number of hydrogen-bond donors (Lipinski definition) is 0. The summed E-state index contributed by atoms with van der Waals surface area (Å²) in [6.45, 7) is 4.24. The highest BCUT2D eigenvalue weighted by Gasteiger charge is 1.92. The summed E-state index contributed by atoms with van der Waals surface area (Å²) in [5.74, 6) is 0. The van der Waals surface area contributed by atoms with Gasteiger partial charge < -0.3 is 0 Å². The van der Waals surface area contributed by atoms with Crippen molar-refractivity contribution in [2.45, 2.75) is 13.8 Å². The van der Waals surface area contributed by atoms with E-state index in [0.717, 1.165) is 0 Å². The second-order valence-electron chi connectivity index (χ2n) is 4.92. The number of aryl methyl sites for hydroxylation is 2. The summed E-state index contributed by atoms with van der Waals surface area (Å²) in [5, 5.41) is 6.99. The third kappa shape index (κ3) is 4.19. The van der Waals surface area contributed by atoms with Gasteiger partial charge in [0.25, 0.3) is 0 Å². The Morgan fingerprint density at radius 2 is 1.09 bits per heavy atom. The molecule has 0 saturated carbocycles. The topological polar surface area (TPSA) is 17.1 Å². The molecule has 0 aliphatic carbocycles. The summed E-state index contributed by atoms with van der Waals surface area (Å²) in [7, 11) is 0. The summed E-state index contributed by atoms with van der Waals surface area (Å²) in [6, 6.07) is 17.4. The van der Waals surface area contributed by atoms with Crippen molar-refractivity contribution in [3.8, 4) is 0 Å². The van der Waals surface area contributed by atoms with Gasteiger partial charge in [0.2, 0.25) is 0 Å². The normalized spacial score (nSPS) is 9.73. The van der Waals surface area contributed by atoms with Crippen LogP contribution in [0.3, 0.4) is 0 Å². The lowest BCUT2D eigenvalue weighted by Gasteiger charge is -1.89. The van der Waals surface area contributed by atoms with Crippen molar-refractivity contribution < 1.29 is 4.21 Å². The molecule has 0 aliphatic rings. The fraction of sp³-hybridized carbons (Fsp3) is 0.111. The molecule has 0 fully saturated rings. The molecular weight excluding hydrogens is 328 g/mol. The molecule has 2 aromatic heterocycles. The lowest BCUT2D eigenvalue weighted by atomic mass is 10.2. The van der Waals surface area contributed by atoms with Gasteiger partial charge in [0, 0.05) is 9.40 Å². The maximum absolute atomic E-state index is 7.83. The SMILES string of the molecule is Cc1ccc2sccc2c1.Cc1ccc2sccc2c1.O=S. The average molecular weight is 345 g/mol. The molecule has 112 valence electrons. The van der Waals surface area contributed by atoms with Crippen LogP contribution in [0.2, 0.25) is 0 Å². The van der Waals surface area contributed by atoms with Gasteiger partial charge in [-0.15, -0.1) is 22.7 Å². The fourth-order valence-electron chi connectivity index (χ4n) is 2.17. The minimum atomic E-state index is 1.34. The van der Waals surface area contributed by atoms with E-state index in [-0.39, 0.29) is 0 Å². The van der Waals surface area contributed by atoms with E-state index in [1.54, 1.807) is 22.7 Å². The summed E-state index contributed by atoms with van der Waals surface area (Å²) in [5.41, 5.74) is 2.68. The van der Waals surface area contributed by atoms with Crippen molar-refractivity contribution in [2.75, 3.05) is 0 Å². The van der Waals surface area contributed by atoms with Crippen LogP contribution in [-0.2, 0) is 12.5 Å². The van der Waals surface area contributed by atoms with E-state index in [4.69, 9.17) is 4.21 Å². The molecule has 0 N–H and O–H groups in total. The van der Waals surface area contributed by atoms with Gasteiger partial charge in [-0.05, 0) is 59.6 Å². The number of rotatable bonds is 0. The first-order valence-electron chi connectivity index (χ1n) is 6.77. The number of benzene rings is 2. The van der Waals surface area contributed by atoms with Crippen LogP contribution in [0.1, 0.15) is 11.1 Å². The molecule has 2 aromatic carbocycles. The summed E-state index contributed by atoms with van der Waals surface area (Å²) >= 11 is 6.43. The quantitative estimate of drug-likeness (QED) is 0.384. The molecule has 0 bridgehead atoms. The second-order valence-corrected chi connectivity index (χ2v) is 6.82. The Morgan fingerprint density at radius 3 is 1.50 bits per heavy atom. The zero-order chi connectivity index (χ0) is 15.9. The smallest absolute Gasteiger partial charge is 0.197 e. The maximum atomic E-state index is 7.83. The third-order valence-electron chi connectivity index (χ3n) is 3.22. The predicted octanol–water partition coefficient (Wildman–Crippen LogP) is 6.08. The van der Waals surface area contributed by atoms with Crippen molar-refractivity contribution in [1.82, 2.24) is 0 Å². The maximum Gasteiger partial charge on any atom is 0.197 e. The monoisotopic (exact) mass is 344 g/mol. The molecule has 0 spiro atoms. The van der Waals surface area contributed by atoms with E-state index in [2.05, 4.69) is 85.7 Å².